The summed E-state index contributed by atoms with van der Waals surface area (Å²) < 4.78 is 37.1. The molecule has 0 fully saturated rings. The Kier molecular flexibility index (Phi) is 5.68. The Morgan fingerprint density at radius 1 is 1.22 bits per heavy atom. The van der Waals surface area contributed by atoms with Crippen LogP contribution in [-0.4, -0.2) is 39.8 Å². The Bertz CT molecular complexity index is 1770. The molecule has 0 unspecified atom stereocenters. The smallest absolute Gasteiger partial charge is 0.394 e. The lowest BCUT2D eigenvalue weighted by molar-refractivity contribution is 0.0704. The van der Waals surface area contributed by atoms with Gasteiger partial charge in [0.25, 0.3) is 5.56 Å². The highest BCUT2D eigenvalue weighted by Crippen LogP contribution is 2.33. The fourth-order valence-corrected chi connectivity index (χ4v) is 4.55. The molecule has 36 heavy (non-hydrogen) atoms. The highest BCUT2D eigenvalue weighted by Gasteiger charge is 2.22. The molecule has 0 bridgehead atoms. The van der Waals surface area contributed by atoms with Gasteiger partial charge in [-0.05, 0) is 6.07 Å². The van der Waals surface area contributed by atoms with Crippen molar-refractivity contribution in [2.75, 3.05) is 14.2 Å². The molecule has 0 aliphatic rings. The van der Waals surface area contributed by atoms with Crippen molar-refractivity contribution in [2.45, 2.75) is 6.61 Å². The number of halogens is 1. The molecule has 11 nitrogen and oxygen atoms in total. The van der Waals surface area contributed by atoms with Crippen LogP contribution in [0, 0.1) is 5.82 Å². The number of hydrogen-bond acceptors (Lipinski definition) is 9. The summed E-state index contributed by atoms with van der Waals surface area (Å²) in [5, 5.41) is 10.5. The number of nitrogens with zero attached hydrogens (tertiary/aromatic N) is 2. The molecule has 0 spiro atoms. The largest absolute Gasteiger partial charge is 0.493 e. The van der Waals surface area contributed by atoms with Crippen molar-refractivity contribution in [3.8, 4) is 23.3 Å². The number of para-hydroxylation sites is 1. The third kappa shape index (κ3) is 3.75. The minimum absolute atomic E-state index is 0.00784. The molecule has 5 aromatic rings. The fourth-order valence-electron chi connectivity index (χ4n) is 3.73. The third-order valence-electron chi connectivity index (χ3n) is 5.36. The number of oxazole rings is 1. The standard InChI is InChI=1S/C23H16FN3O8S/c1-32-15-6-11(24)13(27-20(28)17-12(25-22(27)31)9-36-19(17)21(29)30)7-16(15)34-8-10-4-3-5-14-18(10)26-23(33-2)35-14/h3-7,9H,8H2,1-2H3,(H,25,31)(H,29,30). The first kappa shape index (κ1) is 23.1. The van der Waals surface area contributed by atoms with Gasteiger partial charge in [-0.3, -0.25) is 4.79 Å². The van der Waals surface area contributed by atoms with Gasteiger partial charge in [0.15, 0.2) is 22.9 Å². The van der Waals surface area contributed by atoms with Gasteiger partial charge in [-0.1, -0.05) is 12.1 Å². The van der Waals surface area contributed by atoms with Crippen LogP contribution in [0.3, 0.4) is 0 Å². The van der Waals surface area contributed by atoms with E-state index in [2.05, 4.69) is 9.97 Å². The number of aromatic carboxylic acids is 1. The predicted molar refractivity (Wildman–Crippen MR) is 126 cm³/mol. The summed E-state index contributed by atoms with van der Waals surface area (Å²) in [6.45, 7) is -0.0492. The zero-order valence-corrected chi connectivity index (χ0v) is 19.5. The number of thiophene rings is 1. The SMILES string of the molecule is COc1nc2c(COc3cc(-n4c(=O)[nH]c5csc(C(=O)O)c5c4=O)c(F)cc3OC)cccc2o1. The highest BCUT2D eigenvalue weighted by molar-refractivity contribution is 7.13. The monoisotopic (exact) mass is 513 g/mol. The van der Waals surface area contributed by atoms with Crippen LogP contribution in [0.1, 0.15) is 15.2 Å². The van der Waals surface area contributed by atoms with Crippen molar-refractivity contribution in [2.24, 2.45) is 0 Å². The quantitative estimate of drug-likeness (QED) is 0.335. The van der Waals surface area contributed by atoms with Crippen LogP contribution in [0.2, 0.25) is 0 Å². The van der Waals surface area contributed by atoms with Gasteiger partial charge in [-0.15, -0.1) is 11.3 Å². The minimum atomic E-state index is -1.34. The summed E-state index contributed by atoms with van der Waals surface area (Å²) >= 11 is 0.777. The molecular formula is C23H16FN3O8S. The Morgan fingerprint density at radius 2 is 2.03 bits per heavy atom. The maximum atomic E-state index is 15.1. The number of nitrogens with one attached hydrogen (secondary N) is 1. The van der Waals surface area contributed by atoms with Crippen molar-refractivity contribution in [3.63, 3.8) is 0 Å². The second-order valence-electron chi connectivity index (χ2n) is 7.42. The number of ether oxygens (including phenoxy) is 3. The van der Waals surface area contributed by atoms with Gasteiger partial charge in [0.05, 0.1) is 30.8 Å². The Balaban J connectivity index is 1.60. The fraction of sp³-hybridized carbons (Fsp3) is 0.130. The van der Waals surface area contributed by atoms with Crippen LogP contribution in [0.25, 0.3) is 27.7 Å². The molecule has 5 rings (SSSR count). The first-order valence-electron chi connectivity index (χ1n) is 10.2. The van der Waals surface area contributed by atoms with E-state index in [0.717, 1.165) is 23.5 Å². The summed E-state index contributed by atoms with van der Waals surface area (Å²) in [4.78, 5) is 43.8. The molecule has 13 heteroatoms. The minimum Gasteiger partial charge on any atom is -0.493 e. The molecule has 3 aromatic heterocycles. The number of aromatic amines is 1. The summed E-state index contributed by atoms with van der Waals surface area (Å²) in [5.74, 6) is -2.27. The van der Waals surface area contributed by atoms with Crippen LogP contribution in [-0.2, 0) is 6.61 Å². The van der Waals surface area contributed by atoms with Gasteiger partial charge in [0.1, 0.15) is 17.0 Å². The van der Waals surface area contributed by atoms with Crippen molar-refractivity contribution in [1.29, 1.82) is 0 Å². The number of benzene rings is 2. The van der Waals surface area contributed by atoms with E-state index in [-0.39, 0.29) is 40.0 Å². The lowest BCUT2D eigenvalue weighted by Crippen LogP contribution is -2.34. The van der Waals surface area contributed by atoms with Gasteiger partial charge in [-0.2, -0.15) is 4.98 Å². The topological polar surface area (TPSA) is 146 Å². The lowest BCUT2D eigenvalue weighted by atomic mass is 10.2. The summed E-state index contributed by atoms with van der Waals surface area (Å²) in [6.07, 6.45) is 0.0715. The van der Waals surface area contributed by atoms with Gasteiger partial charge in [0, 0.05) is 23.1 Å². The van der Waals surface area contributed by atoms with Gasteiger partial charge in [-0.25, -0.2) is 18.5 Å². The van der Waals surface area contributed by atoms with Gasteiger partial charge >= 0.3 is 17.7 Å². The molecule has 0 aliphatic heterocycles. The first-order valence-corrected chi connectivity index (χ1v) is 11.1. The number of aromatic nitrogens is 3. The molecule has 0 amide bonds. The van der Waals surface area contributed by atoms with Gasteiger partial charge in [0.2, 0.25) is 0 Å². The molecule has 2 aromatic carbocycles. The molecular weight excluding hydrogens is 497 g/mol. The number of carbonyl (C=O) groups is 1. The molecule has 184 valence electrons. The third-order valence-corrected chi connectivity index (χ3v) is 6.33. The predicted octanol–water partition coefficient (Wildman–Crippen LogP) is 3.32. The normalized spacial score (nSPS) is 11.2. The number of carboxylic acid groups (broad SMARTS) is 1. The summed E-state index contributed by atoms with van der Waals surface area (Å²) in [7, 11) is 2.72. The highest BCUT2D eigenvalue weighted by atomic mass is 32.1. The Labute approximate surface area is 203 Å². The Hall–Kier alpha value is -4.65. The van der Waals surface area contributed by atoms with E-state index in [4.69, 9.17) is 18.6 Å². The molecule has 0 saturated carbocycles. The number of H-pyrrole nitrogens is 1. The molecule has 3 heterocycles. The number of rotatable bonds is 7. The molecule has 0 atom stereocenters. The van der Waals surface area contributed by atoms with Gasteiger partial charge < -0.3 is 28.7 Å². The second-order valence-corrected chi connectivity index (χ2v) is 8.30. The van der Waals surface area contributed by atoms with Crippen LogP contribution in [0.5, 0.6) is 17.6 Å². The molecule has 0 radical (unpaired) electrons. The maximum Gasteiger partial charge on any atom is 0.394 e. The number of fused-ring (bicyclic) bond motifs is 2. The molecule has 2 N–H and O–H groups in total. The van der Waals surface area contributed by atoms with Crippen LogP contribution < -0.4 is 25.5 Å². The zero-order chi connectivity index (χ0) is 25.6. The zero-order valence-electron chi connectivity index (χ0n) is 18.7. The average molecular weight is 513 g/mol. The Morgan fingerprint density at radius 3 is 2.75 bits per heavy atom. The lowest BCUT2D eigenvalue weighted by Gasteiger charge is -2.14. The van der Waals surface area contributed by atoms with Crippen LogP contribution >= 0.6 is 11.3 Å². The summed E-state index contributed by atoms with van der Waals surface area (Å²) in [5.41, 5.74) is -0.747. The van der Waals surface area contributed by atoms with Crippen molar-refractivity contribution < 1.29 is 32.9 Å². The van der Waals surface area contributed by atoms with E-state index < -0.39 is 28.7 Å². The number of carboxylic acids is 1. The van der Waals surface area contributed by atoms with E-state index >= 15 is 4.39 Å². The average Bonchev–Trinajstić information content (AvgIpc) is 3.48. The second kappa shape index (κ2) is 8.85. The summed E-state index contributed by atoms with van der Waals surface area (Å²) in [6, 6.07) is 7.28. The van der Waals surface area contributed by atoms with Crippen LogP contribution in [0.4, 0.5) is 4.39 Å². The molecule has 0 aliphatic carbocycles. The first-order chi connectivity index (χ1) is 17.3. The molecule has 0 saturated heterocycles. The van der Waals surface area contributed by atoms with E-state index in [1.165, 1.54) is 19.6 Å². The van der Waals surface area contributed by atoms with Crippen molar-refractivity contribution in [1.82, 2.24) is 14.5 Å². The number of hydrogen-bond donors (Lipinski definition) is 2. The van der Waals surface area contributed by atoms with Crippen molar-refractivity contribution >= 4 is 39.3 Å². The van der Waals surface area contributed by atoms with E-state index in [9.17, 15) is 19.5 Å². The van der Waals surface area contributed by atoms with Crippen LogP contribution in [0.15, 0.2) is 49.7 Å². The number of methoxy groups -OCH3 is 2. The maximum absolute atomic E-state index is 15.1. The van der Waals surface area contributed by atoms with E-state index in [0.29, 0.717) is 21.2 Å². The van der Waals surface area contributed by atoms with E-state index in [1.807, 2.05) is 0 Å². The van der Waals surface area contributed by atoms with Crippen molar-refractivity contribution in [3.05, 3.63) is 72.8 Å². The van der Waals surface area contributed by atoms with E-state index in [1.54, 1.807) is 18.2 Å².